The zero-order chi connectivity index (χ0) is 7.94. The Labute approximate surface area is 69.8 Å². The highest BCUT2D eigenvalue weighted by Gasteiger charge is 1.84. The van der Waals surface area contributed by atoms with Crippen LogP contribution in [0.2, 0.25) is 0 Å². The van der Waals surface area contributed by atoms with E-state index in [0.29, 0.717) is 0 Å². The van der Waals surface area contributed by atoms with Gasteiger partial charge in [0, 0.05) is 6.21 Å². The van der Waals surface area contributed by atoms with E-state index in [2.05, 4.69) is 26.4 Å². The molecule has 2 heteroatoms. The molecule has 1 aromatic rings. The van der Waals surface area contributed by atoms with Crippen LogP contribution in [0.25, 0.3) is 0 Å². The van der Waals surface area contributed by atoms with Crippen molar-refractivity contribution in [1.82, 2.24) is 0 Å². The highest BCUT2D eigenvalue weighted by atomic mass is 31.0. The van der Waals surface area contributed by atoms with Crippen LogP contribution in [0.3, 0.4) is 0 Å². The molecule has 0 spiro atoms. The first-order valence-corrected chi connectivity index (χ1v) is 4.47. The first-order valence-electron chi connectivity index (χ1n) is 3.66. The lowest BCUT2D eigenvalue weighted by Gasteiger charge is -1.92. The summed E-state index contributed by atoms with van der Waals surface area (Å²) in [6.07, 6.45) is 2.85. The smallest absolute Gasteiger partial charge is 0.0635 e. The predicted molar refractivity (Wildman–Crippen MR) is 53.2 cm³/mol. The van der Waals surface area contributed by atoms with E-state index in [9.17, 15) is 0 Å². The molecule has 0 aromatic heterocycles. The van der Waals surface area contributed by atoms with Gasteiger partial charge in [-0.05, 0) is 11.7 Å². The van der Waals surface area contributed by atoms with Crippen molar-refractivity contribution in [3.8, 4) is 0 Å². The van der Waals surface area contributed by atoms with Crippen LogP contribution in [-0.4, -0.2) is 12.4 Å². The van der Waals surface area contributed by atoms with E-state index in [1.165, 1.54) is 5.56 Å². The van der Waals surface area contributed by atoms with E-state index >= 15 is 0 Å². The Morgan fingerprint density at radius 3 is 2.64 bits per heavy atom. The molecule has 0 radical (unpaired) electrons. The molecule has 58 valence electrons. The largest absolute Gasteiger partial charge is 0.292 e. The molecule has 1 nitrogen and oxygen atoms in total. The Balaban J connectivity index is 2.45. The molecule has 0 bridgehead atoms. The maximum absolute atomic E-state index is 4.21. The van der Waals surface area contributed by atoms with Crippen molar-refractivity contribution in [3.63, 3.8) is 0 Å². The SMILES string of the molecule is PCC=NCc1ccccc1. The lowest BCUT2D eigenvalue weighted by molar-refractivity contribution is 1.08. The van der Waals surface area contributed by atoms with Crippen molar-refractivity contribution in [2.24, 2.45) is 4.99 Å². The topological polar surface area (TPSA) is 12.4 Å². The second kappa shape index (κ2) is 5.03. The summed E-state index contributed by atoms with van der Waals surface area (Å²) in [5.74, 6) is 0. The van der Waals surface area contributed by atoms with Crippen LogP contribution < -0.4 is 0 Å². The Bertz CT molecular complexity index is 218. The average molecular weight is 165 g/mol. The van der Waals surface area contributed by atoms with Gasteiger partial charge in [0.1, 0.15) is 0 Å². The minimum atomic E-state index is 0.801. The Hall–Kier alpha value is -0.680. The lowest BCUT2D eigenvalue weighted by Crippen LogP contribution is -1.81. The average Bonchev–Trinajstić information content (AvgIpc) is 2.07. The van der Waals surface area contributed by atoms with Crippen molar-refractivity contribution in [2.75, 3.05) is 6.16 Å². The fourth-order valence-corrected chi connectivity index (χ4v) is 0.977. The van der Waals surface area contributed by atoms with E-state index < -0.39 is 0 Å². The first-order chi connectivity index (χ1) is 5.43. The molecular formula is C9H12NP. The van der Waals surface area contributed by atoms with Gasteiger partial charge in [0.05, 0.1) is 6.54 Å². The monoisotopic (exact) mass is 165 g/mol. The molecule has 1 rings (SSSR count). The second-order valence-corrected chi connectivity index (χ2v) is 2.72. The van der Waals surface area contributed by atoms with Crippen LogP contribution >= 0.6 is 9.24 Å². The van der Waals surface area contributed by atoms with Crippen LogP contribution in [-0.2, 0) is 6.54 Å². The molecule has 0 saturated heterocycles. The second-order valence-electron chi connectivity index (χ2n) is 2.24. The summed E-state index contributed by atoms with van der Waals surface area (Å²) < 4.78 is 0. The van der Waals surface area contributed by atoms with Crippen molar-refractivity contribution in [3.05, 3.63) is 35.9 Å². The molecule has 0 aliphatic rings. The van der Waals surface area contributed by atoms with E-state index in [1.54, 1.807) is 0 Å². The van der Waals surface area contributed by atoms with Gasteiger partial charge in [0.25, 0.3) is 0 Å². The highest BCUT2D eigenvalue weighted by molar-refractivity contribution is 7.17. The maximum atomic E-state index is 4.21. The van der Waals surface area contributed by atoms with Gasteiger partial charge in [-0.25, -0.2) is 0 Å². The highest BCUT2D eigenvalue weighted by Crippen LogP contribution is 1.99. The van der Waals surface area contributed by atoms with E-state index in [0.717, 1.165) is 12.7 Å². The van der Waals surface area contributed by atoms with E-state index in [1.807, 2.05) is 24.4 Å². The fourth-order valence-electron chi connectivity index (χ4n) is 0.828. The summed E-state index contributed by atoms with van der Waals surface area (Å²) in [4.78, 5) is 4.21. The van der Waals surface area contributed by atoms with Crippen molar-refractivity contribution in [2.45, 2.75) is 6.54 Å². The lowest BCUT2D eigenvalue weighted by atomic mass is 10.2. The molecule has 0 heterocycles. The third-order valence-electron chi connectivity index (χ3n) is 1.35. The molecule has 1 atom stereocenters. The summed E-state index contributed by atoms with van der Waals surface area (Å²) in [6, 6.07) is 10.3. The van der Waals surface area contributed by atoms with Gasteiger partial charge in [0.2, 0.25) is 0 Å². The van der Waals surface area contributed by atoms with E-state index in [4.69, 9.17) is 0 Å². The number of hydrogen-bond donors (Lipinski definition) is 0. The van der Waals surface area contributed by atoms with Crippen LogP contribution in [0.5, 0.6) is 0 Å². The number of benzene rings is 1. The minimum absolute atomic E-state index is 0.801. The summed E-state index contributed by atoms with van der Waals surface area (Å²) in [6.45, 7) is 0.801. The van der Waals surface area contributed by atoms with Crippen LogP contribution in [0.1, 0.15) is 5.56 Å². The zero-order valence-corrected chi connectivity index (χ0v) is 7.56. The molecule has 0 N–H and O–H groups in total. The Morgan fingerprint density at radius 2 is 2.00 bits per heavy atom. The molecule has 0 aliphatic heterocycles. The summed E-state index contributed by atoms with van der Waals surface area (Å²) in [5.41, 5.74) is 1.27. The minimum Gasteiger partial charge on any atom is -0.292 e. The number of aliphatic imine (C=N–C) groups is 1. The molecule has 0 amide bonds. The fraction of sp³-hybridized carbons (Fsp3) is 0.222. The third kappa shape index (κ3) is 3.29. The van der Waals surface area contributed by atoms with Gasteiger partial charge in [-0.3, -0.25) is 4.99 Å². The standard InChI is InChI=1S/C9H12NP/c11-7-6-10-8-9-4-2-1-3-5-9/h1-6H,7-8,11H2. The van der Waals surface area contributed by atoms with Gasteiger partial charge >= 0.3 is 0 Å². The van der Waals surface area contributed by atoms with Crippen LogP contribution in [0.4, 0.5) is 0 Å². The van der Waals surface area contributed by atoms with Gasteiger partial charge in [-0.2, -0.15) is 0 Å². The molecule has 0 aliphatic carbocycles. The van der Waals surface area contributed by atoms with Crippen LogP contribution in [0, 0.1) is 0 Å². The number of hydrogen-bond acceptors (Lipinski definition) is 1. The van der Waals surface area contributed by atoms with Gasteiger partial charge < -0.3 is 0 Å². The summed E-state index contributed by atoms with van der Waals surface area (Å²) >= 11 is 0. The Morgan fingerprint density at radius 1 is 1.27 bits per heavy atom. The molecule has 1 aromatic carbocycles. The quantitative estimate of drug-likeness (QED) is 0.480. The maximum Gasteiger partial charge on any atom is 0.0635 e. The normalized spacial score (nSPS) is 10.6. The molecule has 1 unspecified atom stereocenters. The summed E-state index contributed by atoms with van der Waals surface area (Å²) in [5, 5.41) is 0. The third-order valence-corrected chi connectivity index (χ3v) is 1.56. The molecular weight excluding hydrogens is 153 g/mol. The first kappa shape index (κ1) is 8.42. The Kier molecular flexibility index (Phi) is 3.85. The predicted octanol–water partition coefficient (Wildman–Crippen LogP) is 2.13. The van der Waals surface area contributed by atoms with Gasteiger partial charge in [-0.15, -0.1) is 9.24 Å². The number of nitrogens with zero attached hydrogens (tertiary/aromatic N) is 1. The summed E-state index contributed by atoms with van der Waals surface area (Å²) in [7, 11) is 2.62. The number of rotatable bonds is 3. The van der Waals surface area contributed by atoms with E-state index in [-0.39, 0.29) is 0 Å². The van der Waals surface area contributed by atoms with Gasteiger partial charge in [0.15, 0.2) is 0 Å². The van der Waals surface area contributed by atoms with Crippen molar-refractivity contribution < 1.29 is 0 Å². The van der Waals surface area contributed by atoms with Gasteiger partial charge in [-0.1, -0.05) is 30.3 Å². The van der Waals surface area contributed by atoms with Crippen molar-refractivity contribution in [1.29, 1.82) is 0 Å². The zero-order valence-electron chi connectivity index (χ0n) is 6.40. The van der Waals surface area contributed by atoms with Crippen LogP contribution in [0.15, 0.2) is 35.3 Å². The molecule has 0 saturated carbocycles. The van der Waals surface area contributed by atoms with Crippen molar-refractivity contribution >= 4 is 15.5 Å². The molecule has 11 heavy (non-hydrogen) atoms. The molecule has 0 fully saturated rings.